The van der Waals surface area contributed by atoms with Gasteiger partial charge in [0.2, 0.25) is 0 Å². The zero-order valence-corrected chi connectivity index (χ0v) is 16.9. The smallest absolute Gasteiger partial charge is 0.482 e. The van der Waals surface area contributed by atoms with Gasteiger partial charge in [-0.1, -0.05) is 0 Å². The number of carboxylic acid groups (broad SMARTS) is 1. The van der Waals surface area contributed by atoms with Crippen LogP contribution in [0.25, 0.3) is 11.3 Å². The zero-order chi connectivity index (χ0) is 23.5. The van der Waals surface area contributed by atoms with Gasteiger partial charge in [-0.2, -0.15) is 22.0 Å². The summed E-state index contributed by atoms with van der Waals surface area (Å²) in [6.45, 7) is -0.503. The molecule has 32 heavy (non-hydrogen) atoms. The second-order valence-electron chi connectivity index (χ2n) is 7.16. The highest BCUT2D eigenvalue weighted by Gasteiger charge is 2.59. The molecule has 1 aromatic heterocycles. The number of aliphatic carboxylic acids is 1. The van der Waals surface area contributed by atoms with Gasteiger partial charge in [-0.3, -0.25) is 9.78 Å². The molecule has 0 amide bonds. The van der Waals surface area contributed by atoms with Crippen molar-refractivity contribution in [1.29, 1.82) is 0 Å². The molecule has 0 atom stereocenters. The summed E-state index contributed by atoms with van der Waals surface area (Å²) in [5, 5.41) is 9.20. The molecule has 1 saturated heterocycles. The number of ether oxygens (including phenoxy) is 2. The number of anilines is 1. The van der Waals surface area contributed by atoms with Crippen molar-refractivity contribution >= 4 is 11.8 Å². The van der Waals surface area contributed by atoms with Crippen LogP contribution in [0.5, 0.6) is 5.75 Å². The van der Waals surface area contributed by atoms with E-state index in [1.54, 1.807) is 29.2 Å². The molecule has 7 nitrogen and oxygen atoms in total. The van der Waals surface area contributed by atoms with Crippen molar-refractivity contribution < 1.29 is 41.3 Å². The van der Waals surface area contributed by atoms with Crippen LogP contribution in [0.1, 0.15) is 18.5 Å². The first kappa shape index (κ1) is 23.6. The van der Waals surface area contributed by atoms with E-state index >= 15 is 0 Å². The average molecular weight is 461 g/mol. The highest BCUT2D eigenvalue weighted by Crippen LogP contribution is 2.37. The van der Waals surface area contributed by atoms with Crippen molar-refractivity contribution in [1.82, 2.24) is 9.97 Å². The lowest BCUT2D eigenvalue weighted by molar-refractivity contribution is -0.395. The number of carbonyl (C=O) groups is 1. The lowest BCUT2D eigenvalue weighted by Gasteiger charge is -2.32. The minimum atomic E-state index is -5.86. The van der Waals surface area contributed by atoms with Crippen LogP contribution in [0.15, 0.2) is 30.5 Å². The normalized spacial score (nSPS) is 15.6. The third-order valence-electron chi connectivity index (χ3n) is 5.04. The Morgan fingerprint density at radius 1 is 1.16 bits per heavy atom. The third kappa shape index (κ3) is 5.23. The molecule has 0 bridgehead atoms. The molecule has 174 valence electrons. The minimum absolute atomic E-state index is 0.221. The molecule has 12 heteroatoms. The van der Waals surface area contributed by atoms with E-state index in [0.29, 0.717) is 42.9 Å². The molecule has 2 aromatic rings. The Kier molecular flexibility index (Phi) is 6.82. The summed E-state index contributed by atoms with van der Waals surface area (Å²) in [6.07, 6.45) is -9.47. The maximum atomic E-state index is 13.1. The Morgan fingerprint density at radius 3 is 2.31 bits per heavy atom. The van der Waals surface area contributed by atoms with E-state index in [2.05, 4.69) is 14.7 Å². The van der Waals surface area contributed by atoms with Crippen molar-refractivity contribution in [2.24, 2.45) is 5.92 Å². The Labute approximate surface area is 179 Å². The number of rotatable bonds is 7. The largest absolute Gasteiger partial charge is 0.497 e. The fourth-order valence-corrected chi connectivity index (χ4v) is 3.24. The molecular weight excluding hydrogens is 441 g/mol. The number of piperidine rings is 1. The minimum Gasteiger partial charge on any atom is -0.497 e. The maximum absolute atomic E-state index is 13.1. The Morgan fingerprint density at radius 2 is 1.78 bits per heavy atom. The van der Waals surface area contributed by atoms with Crippen molar-refractivity contribution in [3.63, 3.8) is 0 Å². The first-order valence-corrected chi connectivity index (χ1v) is 9.58. The number of hydrogen-bond acceptors (Lipinski definition) is 6. The molecule has 0 saturated carbocycles. The fraction of sp³-hybridized carbons (Fsp3) is 0.450. The number of carboxylic acids is 1. The van der Waals surface area contributed by atoms with Crippen molar-refractivity contribution in [2.75, 3.05) is 25.1 Å². The summed E-state index contributed by atoms with van der Waals surface area (Å²) in [5.41, 5.74) is 0.760. The van der Waals surface area contributed by atoms with Crippen LogP contribution >= 0.6 is 0 Å². The standard InChI is InChI=1S/C20H20F5N3O4/c1-31-15-4-2-12(3-5-15)16-17(28-8-6-13(7-9-28)18(29)30)27-14(10-26-16)11-32-20(24,25)19(21,22)23/h2-5,10,13H,6-9,11H2,1H3,(H,29,30). The first-order valence-electron chi connectivity index (χ1n) is 9.58. The van der Waals surface area contributed by atoms with Crippen LogP contribution in [0.4, 0.5) is 27.8 Å². The van der Waals surface area contributed by atoms with E-state index in [1.165, 1.54) is 7.11 Å². The monoisotopic (exact) mass is 461 g/mol. The van der Waals surface area contributed by atoms with Gasteiger partial charge in [0, 0.05) is 18.7 Å². The highest BCUT2D eigenvalue weighted by atomic mass is 19.4. The number of alkyl halides is 5. The molecular formula is C20H20F5N3O4. The number of methoxy groups -OCH3 is 1. The predicted octanol–water partition coefficient (Wildman–Crippen LogP) is 4.12. The number of aromatic nitrogens is 2. The maximum Gasteiger partial charge on any atom is 0.482 e. The Bertz CT molecular complexity index is 945. The van der Waals surface area contributed by atoms with Gasteiger partial charge in [-0.05, 0) is 37.1 Å². The second-order valence-corrected chi connectivity index (χ2v) is 7.16. The summed E-state index contributed by atoms with van der Waals surface area (Å²) in [7, 11) is 1.50. The molecule has 1 aliphatic rings. The summed E-state index contributed by atoms with van der Waals surface area (Å²) < 4.78 is 72.3. The van der Waals surface area contributed by atoms with Crippen molar-refractivity contribution in [3.05, 3.63) is 36.2 Å². The quantitative estimate of drug-likeness (QED) is 0.621. The molecule has 0 spiro atoms. The van der Waals surface area contributed by atoms with Gasteiger partial charge in [-0.25, -0.2) is 4.98 Å². The van der Waals surface area contributed by atoms with Crippen LogP contribution in [0, 0.1) is 5.92 Å². The number of halogens is 5. The zero-order valence-electron chi connectivity index (χ0n) is 16.9. The van der Waals surface area contributed by atoms with E-state index < -0.39 is 30.8 Å². The van der Waals surface area contributed by atoms with Gasteiger partial charge < -0.3 is 19.5 Å². The average Bonchev–Trinajstić information content (AvgIpc) is 2.77. The summed E-state index contributed by atoms with van der Waals surface area (Å²) in [5.74, 6) is -0.608. The van der Waals surface area contributed by atoms with E-state index in [-0.39, 0.29) is 11.5 Å². The van der Waals surface area contributed by atoms with Crippen LogP contribution in [0.2, 0.25) is 0 Å². The fourth-order valence-electron chi connectivity index (χ4n) is 3.24. The second kappa shape index (κ2) is 9.23. The lowest BCUT2D eigenvalue weighted by Crippen LogP contribution is -2.39. The van der Waals surface area contributed by atoms with Crippen LogP contribution in [-0.2, 0) is 16.1 Å². The predicted molar refractivity (Wildman–Crippen MR) is 102 cm³/mol. The Hall–Kier alpha value is -3.02. The molecule has 1 N–H and O–H groups in total. The molecule has 3 rings (SSSR count). The van der Waals surface area contributed by atoms with Gasteiger partial charge in [0.1, 0.15) is 11.4 Å². The lowest BCUT2D eigenvalue weighted by atomic mass is 9.97. The SMILES string of the molecule is COc1ccc(-c2ncc(COC(F)(F)C(F)(F)F)nc2N2CCC(C(=O)O)CC2)cc1. The van der Waals surface area contributed by atoms with E-state index in [1.807, 2.05) is 0 Å². The molecule has 1 aliphatic heterocycles. The Balaban J connectivity index is 1.90. The highest BCUT2D eigenvalue weighted by molar-refractivity contribution is 5.74. The van der Waals surface area contributed by atoms with Crippen molar-refractivity contribution in [3.8, 4) is 17.0 Å². The molecule has 2 heterocycles. The number of benzene rings is 1. The van der Waals surface area contributed by atoms with Crippen LogP contribution < -0.4 is 9.64 Å². The van der Waals surface area contributed by atoms with E-state index in [0.717, 1.165) is 6.20 Å². The topological polar surface area (TPSA) is 84.8 Å². The molecule has 1 fully saturated rings. The molecule has 0 radical (unpaired) electrons. The van der Waals surface area contributed by atoms with Gasteiger partial charge in [-0.15, -0.1) is 0 Å². The van der Waals surface area contributed by atoms with E-state index in [4.69, 9.17) is 4.74 Å². The molecule has 1 aromatic carbocycles. The van der Waals surface area contributed by atoms with Gasteiger partial charge >= 0.3 is 18.3 Å². The van der Waals surface area contributed by atoms with Gasteiger partial charge in [0.25, 0.3) is 0 Å². The number of nitrogens with zero attached hydrogens (tertiary/aromatic N) is 3. The molecule has 0 unspecified atom stereocenters. The van der Waals surface area contributed by atoms with Gasteiger partial charge in [0.05, 0.1) is 31.5 Å². The molecule has 0 aliphatic carbocycles. The summed E-state index contributed by atoms with van der Waals surface area (Å²) in [6, 6.07) is 6.76. The van der Waals surface area contributed by atoms with Crippen molar-refractivity contribution in [2.45, 2.75) is 31.7 Å². The number of hydrogen-bond donors (Lipinski definition) is 1. The van der Waals surface area contributed by atoms with Crippen LogP contribution in [0.3, 0.4) is 0 Å². The van der Waals surface area contributed by atoms with Crippen LogP contribution in [-0.4, -0.2) is 53.5 Å². The first-order chi connectivity index (χ1) is 15.0. The summed E-state index contributed by atoms with van der Waals surface area (Å²) >= 11 is 0. The van der Waals surface area contributed by atoms with Gasteiger partial charge in [0.15, 0.2) is 5.82 Å². The summed E-state index contributed by atoms with van der Waals surface area (Å²) in [4.78, 5) is 21.4. The van der Waals surface area contributed by atoms with E-state index in [9.17, 15) is 31.9 Å². The third-order valence-corrected chi connectivity index (χ3v) is 5.04.